The molecule has 0 saturated heterocycles. The Labute approximate surface area is 107 Å². The highest BCUT2D eigenvalue weighted by atomic mass is 35.5. The standard InChI is InChI=1S/C13H17ClN2O/c1-10(9-17)4-3-7-16-13-6-2-5-12(14)11(13)8-15/h2,5-6,10,16-17H,3-4,7,9H2,1H3. The summed E-state index contributed by atoms with van der Waals surface area (Å²) in [6.45, 7) is 3.01. The molecule has 1 rings (SSSR count). The molecule has 4 heteroatoms. The SMILES string of the molecule is CC(CO)CCCNc1cccc(Cl)c1C#N. The Morgan fingerprint density at radius 3 is 2.94 bits per heavy atom. The minimum absolute atomic E-state index is 0.223. The first-order valence-electron chi connectivity index (χ1n) is 5.72. The Morgan fingerprint density at radius 1 is 1.53 bits per heavy atom. The first-order valence-corrected chi connectivity index (χ1v) is 6.10. The molecular weight excluding hydrogens is 236 g/mol. The lowest BCUT2D eigenvalue weighted by atomic mass is 10.1. The first kappa shape index (κ1) is 13.8. The molecule has 0 aliphatic rings. The molecule has 1 atom stereocenters. The molecule has 0 heterocycles. The molecule has 1 aromatic carbocycles. The minimum atomic E-state index is 0.223. The van der Waals surface area contributed by atoms with Crippen LogP contribution in [-0.2, 0) is 0 Å². The molecule has 0 aromatic heterocycles. The zero-order valence-corrected chi connectivity index (χ0v) is 10.7. The van der Waals surface area contributed by atoms with Crippen molar-refractivity contribution in [3.8, 4) is 6.07 Å². The van der Waals surface area contributed by atoms with E-state index < -0.39 is 0 Å². The van der Waals surface area contributed by atoms with Gasteiger partial charge in [-0.3, -0.25) is 0 Å². The van der Waals surface area contributed by atoms with Crippen LogP contribution < -0.4 is 5.32 Å². The molecule has 0 aliphatic heterocycles. The number of benzene rings is 1. The number of rotatable bonds is 6. The Balaban J connectivity index is 2.47. The minimum Gasteiger partial charge on any atom is -0.396 e. The van der Waals surface area contributed by atoms with Gasteiger partial charge in [-0.25, -0.2) is 0 Å². The zero-order valence-electron chi connectivity index (χ0n) is 9.91. The van der Waals surface area contributed by atoms with Gasteiger partial charge < -0.3 is 10.4 Å². The second-order valence-electron chi connectivity index (χ2n) is 4.13. The fourth-order valence-corrected chi connectivity index (χ4v) is 1.77. The molecule has 0 bridgehead atoms. The highest BCUT2D eigenvalue weighted by molar-refractivity contribution is 6.32. The van der Waals surface area contributed by atoms with Crippen LogP contribution in [0.25, 0.3) is 0 Å². The average molecular weight is 253 g/mol. The van der Waals surface area contributed by atoms with Crippen molar-refractivity contribution in [3.05, 3.63) is 28.8 Å². The van der Waals surface area contributed by atoms with Gasteiger partial charge in [0.05, 0.1) is 16.3 Å². The lowest BCUT2D eigenvalue weighted by Crippen LogP contribution is -2.07. The van der Waals surface area contributed by atoms with Crippen LogP contribution in [-0.4, -0.2) is 18.3 Å². The Morgan fingerprint density at radius 2 is 2.29 bits per heavy atom. The van der Waals surface area contributed by atoms with E-state index in [1.165, 1.54) is 0 Å². The van der Waals surface area contributed by atoms with E-state index in [0.29, 0.717) is 16.5 Å². The van der Waals surface area contributed by atoms with Crippen LogP contribution in [0, 0.1) is 17.2 Å². The molecule has 0 saturated carbocycles. The number of nitrogens with zero attached hydrogens (tertiary/aromatic N) is 1. The number of halogens is 1. The summed E-state index contributed by atoms with van der Waals surface area (Å²) >= 11 is 5.92. The van der Waals surface area contributed by atoms with Crippen LogP contribution in [0.1, 0.15) is 25.3 Å². The molecule has 0 aliphatic carbocycles. The van der Waals surface area contributed by atoms with Crippen LogP contribution in [0.15, 0.2) is 18.2 Å². The van der Waals surface area contributed by atoms with Crippen molar-refractivity contribution in [1.82, 2.24) is 0 Å². The number of hydrogen-bond acceptors (Lipinski definition) is 3. The molecule has 1 unspecified atom stereocenters. The van der Waals surface area contributed by atoms with Crippen molar-refractivity contribution in [2.45, 2.75) is 19.8 Å². The van der Waals surface area contributed by atoms with E-state index in [1.54, 1.807) is 6.07 Å². The molecule has 2 N–H and O–H groups in total. The fraction of sp³-hybridized carbons (Fsp3) is 0.462. The van der Waals surface area contributed by atoms with Gasteiger partial charge in [-0.05, 0) is 30.9 Å². The third-order valence-corrected chi connectivity index (χ3v) is 2.94. The van der Waals surface area contributed by atoms with Crippen molar-refractivity contribution in [2.75, 3.05) is 18.5 Å². The summed E-state index contributed by atoms with van der Waals surface area (Å²) in [6, 6.07) is 7.47. The summed E-state index contributed by atoms with van der Waals surface area (Å²) in [5, 5.41) is 21.5. The van der Waals surface area contributed by atoms with Gasteiger partial charge in [0.1, 0.15) is 6.07 Å². The third kappa shape index (κ3) is 4.26. The van der Waals surface area contributed by atoms with Crippen LogP contribution in [0.2, 0.25) is 5.02 Å². The molecule has 92 valence electrons. The summed E-state index contributed by atoms with van der Waals surface area (Å²) in [6.07, 6.45) is 1.92. The van der Waals surface area contributed by atoms with E-state index in [0.717, 1.165) is 25.1 Å². The van der Waals surface area contributed by atoms with E-state index in [4.69, 9.17) is 22.0 Å². The number of nitrogens with one attached hydrogen (secondary N) is 1. The Bertz CT molecular complexity index is 401. The normalized spacial score (nSPS) is 11.9. The fourth-order valence-electron chi connectivity index (χ4n) is 1.55. The highest BCUT2D eigenvalue weighted by Gasteiger charge is 2.05. The number of aliphatic hydroxyl groups excluding tert-OH is 1. The molecule has 1 aromatic rings. The molecule has 0 amide bonds. The zero-order chi connectivity index (χ0) is 12.7. The van der Waals surface area contributed by atoms with Crippen LogP contribution >= 0.6 is 11.6 Å². The second-order valence-corrected chi connectivity index (χ2v) is 4.54. The maximum Gasteiger partial charge on any atom is 0.103 e. The third-order valence-electron chi connectivity index (χ3n) is 2.63. The van der Waals surface area contributed by atoms with Crippen molar-refractivity contribution >= 4 is 17.3 Å². The number of nitriles is 1. The van der Waals surface area contributed by atoms with Gasteiger partial charge in [0.25, 0.3) is 0 Å². The van der Waals surface area contributed by atoms with Crippen molar-refractivity contribution < 1.29 is 5.11 Å². The van der Waals surface area contributed by atoms with Gasteiger partial charge in [-0.15, -0.1) is 0 Å². The van der Waals surface area contributed by atoms with Crippen LogP contribution in [0.4, 0.5) is 5.69 Å². The second kappa shape index (κ2) is 7.16. The molecule has 0 spiro atoms. The number of hydrogen-bond donors (Lipinski definition) is 2. The van der Waals surface area contributed by atoms with Gasteiger partial charge in [-0.1, -0.05) is 24.6 Å². The molecular formula is C13H17ClN2O. The first-order chi connectivity index (χ1) is 8.19. The van der Waals surface area contributed by atoms with E-state index >= 15 is 0 Å². The van der Waals surface area contributed by atoms with Crippen LogP contribution in [0.5, 0.6) is 0 Å². The smallest absolute Gasteiger partial charge is 0.103 e. The van der Waals surface area contributed by atoms with Crippen LogP contribution in [0.3, 0.4) is 0 Å². The summed E-state index contributed by atoms with van der Waals surface area (Å²) in [5.74, 6) is 0.326. The summed E-state index contributed by atoms with van der Waals surface area (Å²) in [7, 11) is 0. The highest BCUT2D eigenvalue weighted by Crippen LogP contribution is 2.23. The predicted molar refractivity (Wildman–Crippen MR) is 70.1 cm³/mol. The Hall–Kier alpha value is -1.24. The van der Waals surface area contributed by atoms with Crippen molar-refractivity contribution in [3.63, 3.8) is 0 Å². The van der Waals surface area contributed by atoms with Gasteiger partial charge in [0, 0.05) is 13.2 Å². The summed E-state index contributed by atoms with van der Waals surface area (Å²) in [5.41, 5.74) is 1.26. The van der Waals surface area contributed by atoms with Crippen molar-refractivity contribution in [1.29, 1.82) is 5.26 Å². The van der Waals surface area contributed by atoms with Gasteiger partial charge in [-0.2, -0.15) is 5.26 Å². The van der Waals surface area contributed by atoms with E-state index in [2.05, 4.69) is 11.4 Å². The van der Waals surface area contributed by atoms with Gasteiger partial charge in [0.2, 0.25) is 0 Å². The maximum atomic E-state index is 8.97. The Kier molecular flexibility index (Phi) is 5.82. The van der Waals surface area contributed by atoms with Crippen molar-refractivity contribution in [2.24, 2.45) is 5.92 Å². The van der Waals surface area contributed by atoms with E-state index in [1.807, 2.05) is 19.1 Å². The number of aliphatic hydroxyl groups is 1. The van der Waals surface area contributed by atoms with Gasteiger partial charge in [0.15, 0.2) is 0 Å². The van der Waals surface area contributed by atoms with E-state index in [9.17, 15) is 0 Å². The predicted octanol–water partition coefficient (Wildman–Crippen LogP) is 3.03. The summed E-state index contributed by atoms with van der Waals surface area (Å²) in [4.78, 5) is 0. The lowest BCUT2D eigenvalue weighted by Gasteiger charge is -2.10. The molecule has 0 fully saturated rings. The molecule has 17 heavy (non-hydrogen) atoms. The van der Waals surface area contributed by atoms with E-state index in [-0.39, 0.29) is 6.61 Å². The quantitative estimate of drug-likeness (QED) is 0.765. The summed E-state index contributed by atoms with van der Waals surface area (Å²) < 4.78 is 0. The largest absolute Gasteiger partial charge is 0.396 e. The van der Waals surface area contributed by atoms with Gasteiger partial charge >= 0.3 is 0 Å². The maximum absolute atomic E-state index is 8.97. The molecule has 0 radical (unpaired) electrons. The number of anilines is 1. The molecule has 3 nitrogen and oxygen atoms in total. The lowest BCUT2D eigenvalue weighted by molar-refractivity contribution is 0.229. The average Bonchev–Trinajstić information content (AvgIpc) is 2.34. The monoisotopic (exact) mass is 252 g/mol. The topological polar surface area (TPSA) is 56.0 Å².